The van der Waals surface area contributed by atoms with E-state index in [9.17, 15) is 4.79 Å². The van der Waals surface area contributed by atoms with Crippen molar-refractivity contribution in [1.82, 2.24) is 4.90 Å². The lowest BCUT2D eigenvalue weighted by Gasteiger charge is -2.32. The lowest BCUT2D eigenvalue weighted by Crippen LogP contribution is -3.15. The summed E-state index contributed by atoms with van der Waals surface area (Å²) >= 11 is 1.67. The fourth-order valence-corrected chi connectivity index (χ4v) is 3.66. The van der Waals surface area contributed by atoms with E-state index in [-0.39, 0.29) is 5.91 Å². The van der Waals surface area contributed by atoms with Crippen molar-refractivity contribution >= 4 is 17.2 Å². The number of nitrogens with zero attached hydrogens (tertiary/aromatic N) is 1. The number of carbonyl (C=O) groups excluding carboxylic acids is 1. The Labute approximate surface area is 136 Å². The van der Waals surface area contributed by atoms with Crippen molar-refractivity contribution in [2.75, 3.05) is 32.7 Å². The molecule has 0 saturated carbocycles. The van der Waals surface area contributed by atoms with Crippen LogP contribution in [0.15, 0.2) is 47.8 Å². The molecule has 1 aliphatic heterocycles. The molecular formula is C18H23N2OS+. The molecule has 1 aliphatic rings. The van der Waals surface area contributed by atoms with Gasteiger partial charge in [-0.15, -0.1) is 11.3 Å². The van der Waals surface area contributed by atoms with Gasteiger partial charge in [-0.1, -0.05) is 36.4 Å². The quantitative estimate of drug-likeness (QED) is 0.883. The monoisotopic (exact) mass is 315 g/mol. The molecule has 0 aliphatic carbocycles. The standard InChI is InChI=1S/C18H22N2OS/c21-18(15-17-7-4-14-22-17)20-12-10-19(11-13-20)9-8-16-5-2-1-3-6-16/h1-7,14H,8-13,15H2/p+1. The zero-order valence-corrected chi connectivity index (χ0v) is 13.6. The molecule has 3 rings (SSSR count). The summed E-state index contributed by atoms with van der Waals surface area (Å²) in [5.74, 6) is 0.282. The lowest BCUT2D eigenvalue weighted by atomic mass is 10.1. The molecule has 1 fully saturated rings. The highest BCUT2D eigenvalue weighted by Crippen LogP contribution is 2.10. The van der Waals surface area contributed by atoms with Crippen LogP contribution in [-0.2, 0) is 17.6 Å². The first-order valence-corrected chi connectivity index (χ1v) is 8.87. The maximum atomic E-state index is 12.3. The molecule has 1 aromatic heterocycles. The summed E-state index contributed by atoms with van der Waals surface area (Å²) in [7, 11) is 0. The van der Waals surface area contributed by atoms with E-state index in [1.165, 1.54) is 10.4 Å². The highest BCUT2D eigenvalue weighted by Gasteiger charge is 2.23. The molecule has 22 heavy (non-hydrogen) atoms. The van der Waals surface area contributed by atoms with Crippen molar-refractivity contribution in [3.8, 4) is 0 Å². The largest absolute Gasteiger partial charge is 0.332 e. The predicted molar refractivity (Wildman–Crippen MR) is 90.3 cm³/mol. The number of hydrogen-bond acceptors (Lipinski definition) is 2. The van der Waals surface area contributed by atoms with Crippen LogP contribution in [0.3, 0.4) is 0 Å². The van der Waals surface area contributed by atoms with Crippen LogP contribution in [0.25, 0.3) is 0 Å². The number of piperazine rings is 1. The van der Waals surface area contributed by atoms with Crippen molar-refractivity contribution in [1.29, 1.82) is 0 Å². The minimum Gasteiger partial charge on any atom is -0.332 e. The number of amides is 1. The van der Waals surface area contributed by atoms with E-state index in [1.807, 2.05) is 22.4 Å². The van der Waals surface area contributed by atoms with Crippen LogP contribution in [0.1, 0.15) is 10.4 Å². The van der Waals surface area contributed by atoms with Crippen LogP contribution >= 0.6 is 11.3 Å². The molecular weight excluding hydrogens is 292 g/mol. The fourth-order valence-electron chi connectivity index (χ4n) is 2.96. The molecule has 1 amide bonds. The smallest absolute Gasteiger partial charge is 0.228 e. The van der Waals surface area contributed by atoms with Gasteiger partial charge in [-0.3, -0.25) is 4.79 Å². The van der Waals surface area contributed by atoms with Crippen LogP contribution in [0, 0.1) is 0 Å². The van der Waals surface area contributed by atoms with Gasteiger partial charge in [0.25, 0.3) is 0 Å². The Morgan fingerprint density at radius 1 is 1.09 bits per heavy atom. The maximum Gasteiger partial charge on any atom is 0.228 e. The summed E-state index contributed by atoms with van der Waals surface area (Å²) in [6, 6.07) is 14.7. The first kappa shape index (κ1) is 15.3. The van der Waals surface area contributed by atoms with Gasteiger partial charge in [0.1, 0.15) is 0 Å². The van der Waals surface area contributed by atoms with Gasteiger partial charge in [-0.2, -0.15) is 0 Å². The van der Waals surface area contributed by atoms with Gasteiger partial charge in [0.2, 0.25) is 5.91 Å². The van der Waals surface area contributed by atoms with E-state index in [0.29, 0.717) is 6.42 Å². The summed E-state index contributed by atoms with van der Waals surface area (Å²) in [6.45, 7) is 5.10. The normalized spacial score (nSPS) is 15.9. The summed E-state index contributed by atoms with van der Waals surface area (Å²) in [6.07, 6.45) is 1.69. The molecule has 0 atom stereocenters. The lowest BCUT2D eigenvalue weighted by molar-refractivity contribution is -0.903. The fraction of sp³-hybridized carbons (Fsp3) is 0.389. The zero-order chi connectivity index (χ0) is 15.2. The number of nitrogens with one attached hydrogen (secondary N) is 1. The van der Waals surface area contributed by atoms with Gasteiger partial charge in [0.15, 0.2) is 0 Å². The zero-order valence-electron chi connectivity index (χ0n) is 12.8. The van der Waals surface area contributed by atoms with Gasteiger partial charge >= 0.3 is 0 Å². The van der Waals surface area contributed by atoms with Gasteiger partial charge in [0, 0.05) is 11.3 Å². The Morgan fingerprint density at radius 3 is 2.55 bits per heavy atom. The van der Waals surface area contributed by atoms with Gasteiger partial charge in [-0.05, 0) is 17.0 Å². The number of rotatable bonds is 5. The summed E-state index contributed by atoms with van der Waals surface area (Å²) < 4.78 is 0. The Bertz CT molecular complexity index is 574. The first-order valence-electron chi connectivity index (χ1n) is 7.99. The summed E-state index contributed by atoms with van der Waals surface area (Å²) in [5.41, 5.74) is 1.41. The number of carbonyl (C=O) groups is 1. The Balaban J connectivity index is 1.41. The van der Waals surface area contributed by atoms with Crippen molar-refractivity contribution in [3.05, 3.63) is 58.3 Å². The molecule has 3 nitrogen and oxygen atoms in total. The van der Waals surface area contributed by atoms with Gasteiger partial charge in [0.05, 0.1) is 39.1 Å². The van der Waals surface area contributed by atoms with E-state index in [1.54, 1.807) is 16.2 Å². The van der Waals surface area contributed by atoms with Crippen molar-refractivity contribution in [3.63, 3.8) is 0 Å². The van der Waals surface area contributed by atoms with E-state index in [0.717, 1.165) is 39.1 Å². The molecule has 1 aromatic carbocycles. The number of quaternary nitrogens is 1. The van der Waals surface area contributed by atoms with Gasteiger partial charge in [-0.25, -0.2) is 0 Å². The van der Waals surface area contributed by atoms with Crippen molar-refractivity contribution < 1.29 is 9.69 Å². The topological polar surface area (TPSA) is 24.8 Å². The van der Waals surface area contributed by atoms with Crippen molar-refractivity contribution in [2.24, 2.45) is 0 Å². The SMILES string of the molecule is O=C(Cc1cccs1)N1CC[NH+](CCc2ccccc2)CC1. The van der Waals surface area contributed by atoms with Crippen LogP contribution in [0.4, 0.5) is 0 Å². The molecule has 1 N–H and O–H groups in total. The third kappa shape index (κ3) is 4.18. The molecule has 0 radical (unpaired) electrons. The van der Waals surface area contributed by atoms with E-state index >= 15 is 0 Å². The molecule has 0 bridgehead atoms. The Hall–Kier alpha value is -1.65. The van der Waals surface area contributed by atoms with Crippen LogP contribution in [-0.4, -0.2) is 43.5 Å². The second-order valence-corrected chi connectivity index (χ2v) is 6.90. The van der Waals surface area contributed by atoms with Crippen LogP contribution < -0.4 is 4.90 Å². The van der Waals surface area contributed by atoms with Crippen LogP contribution in [0.2, 0.25) is 0 Å². The molecule has 2 heterocycles. The molecule has 1 saturated heterocycles. The second-order valence-electron chi connectivity index (χ2n) is 5.87. The maximum absolute atomic E-state index is 12.3. The van der Waals surface area contributed by atoms with E-state index < -0.39 is 0 Å². The molecule has 116 valence electrons. The summed E-state index contributed by atoms with van der Waals surface area (Å²) in [5, 5.41) is 2.04. The highest BCUT2D eigenvalue weighted by atomic mass is 32.1. The number of benzene rings is 1. The summed E-state index contributed by atoms with van der Waals surface area (Å²) in [4.78, 5) is 17.1. The minimum absolute atomic E-state index is 0.282. The van der Waals surface area contributed by atoms with Gasteiger partial charge < -0.3 is 9.80 Å². The number of thiophene rings is 1. The predicted octanol–water partition coefficient (Wildman–Crippen LogP) is 1.26. The molecule has 2 aromatic rings. The minimum atomic E-state index is 0.282. The molecule has 4 heteroatoms. The third-order valence-electron chi connectivity index (χ3n) is 4.34. The average molecular weight is 315 g/mol. The number of hydrogen-bond donors (Lipinski definition) is 1. The molecule has 0 spiro atoms. The first-order chi connectivity index (χ1) is 10.8. The van der Waals surface area contributed by atoms with E-state index in [4.69, 9.17) is 0 Å². The average Bonchev–Trinajstić information content (AvgIpc) is 3.07. The van der Waals surface area contributed by atoms with E-state index in [2.05, 4.69) is 30.3 Å². The third-order valence-corrected chi connectivity index (χ3v) is 5.22. The molecule has 0 unspecified atom stereocenters. The highest BCUT2D eigenvalue weighted by molar-refractivity contribution is 7.10. The van der Waals surface area contributed by atoms with Crippen molar-refractivity contribution in [2.45, 2.75) is 12.8 Å². The Morgan fingerprint density at radius 2 is 1.86 bits per heavy atom. The second kappa shape index (κ2) is 7.56. The Kier molecular flexibility index (Phi) is 5.24. The van der Waals surface area contributed by atoms with Crippen LogP contribution in [0.5, 0.6) is 0 Å².